The molecule has 0 spiro atoms. The smallest absolute Gasteiger partial charge is 0.308 e. The van der Waals surface area contributed by atoms with Crippen LogP contribution in [0.2, 0.25) is 0 Å². The number of rotatable bonds is 3. The molecule has 0 amide bonds. The first-order chi connectivity index (χ1) is 11.1. The van der Waals surface area contributed by atoms with Crippen molar-refractivity contribution in [2.75, 3.05) is 0 Å². The highest BCUT2D eigenvalue weighted by Crippen LogP contribution is 2.24. The Morgan fingerprint density at radius 2 is 1.91 bits per heavy atom. The molecule has 1 aromatic heterocycles. The van der Waals surface area contributed by atoms with Crippen molar-refractivity contribution >= 4 is 45.0 Å². The molecule has 0 aliphatic carbocycles. The largest absolute Gasteiger partial charge is 0.424 e. The molecule has 2 aromatic carbocycles. The van der Waals surface area contributed by atoms with Gasteiger partial charge in [0, 0.05) is 16.8 Å². The lowest BCUT2D eigenvalue weighted by Gasteiger charge is -2.06. The molecule has 3 aromatic rings. The van der Waals surface area contributed by atoms with Crippen LogP contribution in [0.4, 0.5) is 0 Å². The summed E-state index contributed by atoms with van der Waals surface area (Å²) in [6.45, 7) is 1.38. The molecule has 4 heteroatoms. The van der Waals surface area contributed by atoms with Crippen molar-refractivity contribution in [2.24, 2.45) is 0 Å². The van der Waals surface area contributed by atoms with Crippen molar-refractivity contribution in [3.05, 3.63) is 70.3 Å². The van der Waals surface area contributed by atoms with Gasteiger partial charge in [-0.1, -0.05) is 52.3 Å². The van der Waals surface area contributed by atoms with Gasteiger partial charge in [-0.2, -0.15) is 0 Å². The molecule has 3 nitrogen and oxygen atoms in total. The minimum absolute atomic E-state index is 0.352. The first-order valence-electron chi connectivity index (χ1n) is 7.14. The lowest BCUT2D eigenvalue weighted by Crippen LogP contribution is -2.02. The van der Waals surface area contributed by atoms with Gasteiger partial charge in [0.1, 0.15) is 5.52 Å². The number of hydrogen-bond donors (Lipinski definition) is 0. The van der Waals surface area contributed by atoms with Crippen LogP contribution < -0.4 is 4.74 Å². The molecule has 1 heterocycles. The zero-order valence-electron chi connectivity index (χ0n) is 12.5. The van der Waals surface area contributed by atoms with Crippen LogP contribution in [0.15, 0.2) is 59.1 Å². The van der Waals surface area contributed by atoms with E-state index in [0.29, 0.717) is 11.3 Å². The molecule has 23 heavy (non-hydrogen) atoms. The Labute approximate surface area is 142 Å². The van der Waals surface area contributed by atoms with Crippen molar-refractivity contribution in [3.63, 3.8) is 0 Å². The maximum atomic E-state index is 11.2. The van der Waals surface area contributed by atoms with E-state index in [4.69, 9.17) is 4.74 Å². The summed E-state index contributed by atoms with van der Waals surface area (Å²) >= 11 is 3.46. The average Bonchev–Trinajstić information content (AvgIpc) is 2.53. The number of hydrogen-bond acceptors (Lipinski definition) is 3. The average molecular weight is 368 g/mol. The highest BCUT2D eigenvalue weighted by atomic mass is 79.9. The van der Waals surface area contributed by atoms with Crippen LogP contribution in [0.25, 0.3) is 23.1 Å². The Morgan fingerprint density at radius 3 is 2.70 bits per heavy atom. The molecule has 0 unspecified atom stereocenters. The lowest BCUT2D eigenvalue weighted by molar-refractivity contribution is -0.131. The molecular formula is C19H14BrNO2. The predicted octanol–water partition coefficient (Wildman–Crippen LogP) is 5.09. The van der Waals surface area contributed by atoms with Gasteiger partial charge in [-0.25, -0.2) is 4.98 Å². The fraction of sp³-hybridized carbons (Fsp3) is 0.0526. The van der Waals surface area contributed by atoms with Gasteiger partial charge in [0.15, 0.2) is 5.75 Å². The first kappa shape index (κ1) is 15.4. The molecule has 0 radical (unpaired) electrons. The zero-order valence-corrected chi connectivity index (χ0v) is 14.1. The highest BCUT2D eigenvalue weighted by molar-refractivity contribution is 9.10. The van der Waals surface area contributed by atoms with Gasteiger partial charge in [-0.3, -0.25) is 4.79 Å². The summed E-state index contributed by atoms with van der Waals surface area (Å²) in [7, 11) is 0. The number of fused-ring (bicyclic) bond motifs is 1. The third-order valence-electron chi connectivity index (χ3n) is 3.25. The molecule has 0 aliphatic rings. The SMILES string of the molecule is CC(=O)Oc1cccc2ccc(C=Cc3cccc(Br)c3)nc12. The number of ether oxygens (including phenoxy) is 1. The van der Waals surface area contributed by atoms with Crippen LogP contribution in [-0.4, -0.2) is 11.0 Å². The van der Waals surface area contributed by atoms with Gasteiger partial charge < -0.3 is 4.74 Å². The maximum absolute atomic E-state index is 11.2. The van der Waals surface area contributed by atoms with Gasteiger partial charge in [0.25, 0.3) is 0 Å². The van der Waals surface area contributed by atoms with Crippen molar-refractivity contribution in [2.45, 2.75) is 6.92 Å². The molecule has 0 saturated heterocycles. The van der Waals surface area contributed by atoms with Crippen LogP contribution in [0.3, 0.4) is 0 Å². The number of carbonyl (C=O) groups is 1. The normalized spacial score (nSPS) is 11.0. The molecule has 0 aliphatic heterocycles. The van der Waals surface area contributed by atoms with Gasteiger partial charge >= 0.3 is 5.97 Å². The van der Waals surface area contributed by atoms with Gasteiger partial charge in [-0.15, -0.1) is 0 Å². The van der Waals surface area contributed by atoms with E-state index in [9.17, 15) is 4.79 Å². The van der Waals surface area contributed by atoms with Crippen LogP contribution in [0.1, 0.15) is 18.2 Å². The van der Waals surface area contributed by atoms with Crippen LogP contribution >= 0.6 is 15.9 Å². The van der Waals surface area contributed by atoms with Crippen molar-refractivity contribution < 1.29 is 9.53 Å². The topological polar surface area (TPSA) is 39.2 Å². The minimum Gasteiger partial charge on any atom is -0.424 e. The molecule has 0 saturated carbocycles. The third-order valence-corrected chi connectivity index (χ3v) is 3.75. The molecule has 0 atom stereocenters. The summed E-state index contributed by atoms with van der Waals surface area (Å²) in [4.78, 5) is 15.8. The predicted molar refractivity (Wildman–Crippen MR) is 96.1 cm³/mol. The molecule has 0 fully saturated rings. The molecule has 3 rings (SSSR count). The third kappa shape index (κ3) is 3.85. The Hall–Kier alpha value is -2.46. The number of benzene rings is 2. The fourth-order valence-electron chi connectivity index (χ4n) is 2.26. The number of pyridine rings is 1. The maximum Gasteiger partial charge on any atom is 0.308 e. The Morgan fingerprint density at radius 1 is 1.09 bits per heavy atom. The number of para-hydroxylation sites is 1. The molecule has 0 N–H and O–H groups in total. The second-order valence-corrected chi connectivity index (χ2v) is 5.96. The van der Waals surface area contributed by atoms with Gasteiger partial charge in [-0.05, 0) is 35.9 Å². The van der Waals surface area contributed by atoms with Crippen LogP contribution in [0, 0.1) is 0 Å². The highest BCUT2D eigenvalue weighted by Gasteiger charge is 2.06. The first-order valence-corrected chi connectivity index (χ1v) is 7.93. The summed E-state index contributed by atoms with van der Waals surface area (Å²) in [5.74, 6) is 0.127. The van der Waals surface area contributed by atoms with E-state index in [1.54, 1.807) is 6.07 Å². The van der Waals surface area contributed by atoms with Gasteiger partial charge in [0.2, 0.25) is 0 Å². The van der Waals surface area contributed by atoms with Crippen LogP contribution in [0.5, 0.6) is 5.75 Å². The quantitative estimate of drug-likeness (QED) is 0.477. The number of esters is 1. The number of aromatic nitrogens is 1. The summed E-state index contributed by atoms with van der Waals surface area (Å²) in [6.07, 6.45) is 3.93. The zero-order chi connectivity index (χ0) is 16.2. The van der Waals surface area contributed by atoms with Crippen molar-refractivity contribution in [1.82, 2.24) is 4.98 Å². The minimum atomic E-state index is -0.352. The monoisotopic (exact) mass is 367 g/mol. The number of nitrogens with zero attached hydrogens (tertiary/aromatic N) is 1. The Bertz CT molecular complexity index is 903. The Balaban J connectivity index is 1.97. The molecule has 0 bridgehead atoms. The van der Waals surface area contributed by atoms with E-state index in [-0.39, 0.29) is 5.97 Å². The van der Waals surface area contributed by atoms with E-state index >= 15 is 0 Å². The number of halogens is 1. The van der Waals surface area contributed by atoms with Crippen molar-refractivity contribution in [1.29, 1.82) is 0 Å². The molecule has 114 valence electrons. The lowest BCUT2D eigenvalue weighted by atomic mass is 10.1. The van der Waals surface area contributed by atoms with Crippen molar-refractivity contribution in [3.8, 4) is 5.75 Å². The summed E-state index contributed by atoms with van der Waals surface area (Å²) in [5, 5.41) is 0.934. The fourth-order valence-corrected chi connectivity index (χ4v) is 2.67. The second kappa shape index (κ2) is 6.75. The summed E-state index contributed by atoms with van der Waals surface area (Å²) in [5.41, 5.74) is 2.56. The number of carbonyl (C=O) groups excluding carboxylic acids is 1. The van der Waals surface area contributed by atoms with Crippen LogP contribution in [-0.2, 0) is 4.79 Å². The van der Waals surface area contributed by atoms with Gasteiger partial charge in [0.05, 0.1) is 5.69 Å². The molecular weight excluding hydrogens is 354 g/mol. The van der Waals surface area contributed by atoms with E-state index in [0.717, 1.165) is 21.1 Å². The van der Waals surface area contributed by atoms with E-state index in [2.05, 4.69) is 20.9 Å². The summed E-state index contributed by atoms with van der Waals surface area (Å²) in [6, 6.07) is 17.5. The summed E-state index contributed by atoms with van der Waals surface area (Å²) < 4.78 is 6.26. The Kier molecular flexibility index (Phi) is 4.53. The standard InChI is InChI=1S/C19H14BrNO2/c1-13(22)23-18-7-3-5-15-9-11-17(21-19(15)18)10-8-14-4-2-6-16(20)12-14/h2-12H,1H3. The van der Waals surface area contributed by atoms with E-state index in [1.165, 1.54) is 6.92 Å². The van der Waals surface area contributed by atoms with E-state index < -0.39 is 0 Å². The van der Waals surface area contributed by atoms with E-state index in [1.807, 2.05) is 60.7 Å². The second-order valence-electron chi connectivity index (χ2n) is 5.05.